The van der Waals surface area contributed by atoms with E-state index in [2.05, 4.69) is 28.5 Å². The standard InChI is InChI=1S/C24H30N2O5/c1-4-30-22(27)18-7-11-21(12-8-18)26-15-13-25(14-16-26)17-24(2,3)20-9-5-19(6-10-20)23(28)31-29/h5-12,29H,4,13-17H2,1-3H3. The summed E-state index contributed by atoms with van der Waals surface area (Å²) in [7, 11) is 0. The molecule has 0 aromatic heterocycles. The van der Waals surface area contributed by atoms with E-state index in [0.29, 0.717) is 17.7 Å². The Kier molecular flexibility index (Phi) is 7.30. The first-order valence-electron chi connectivity index (χ1n) is 10.5. The number of hydrogen-bond donors (Lipinski definition) is 1. The van der Waals surface area contributed by atoms with Gasteiger partial charge in [-0.2, -0.15) is 5.26 Å². The van der Waals surface area contributed by atoms with Crippen LogP contribution >= 0.6 is 0 Å². The van der Waals surface area contributed by atoms with Crippen molar-refractivity contribution in [2.24, 2.45) is 0 Å². The molecule has 0 amide bonds. The average Bonchev–Trinajstić information content (AvgIpc) is 2.79. The number of nitrogens with zero attached hydrogens (tertiary/aromatic N) is 2. The second-order valence-corrected chi connectivity index (χ2v) is 8.37. The molecule has 0 spiro atoms. The van der Waals surface area contributed by atoms with Crippen LogP contribution in [0.25, 0.3) is 0 Å². The average molecular weight is 427 g/mol. The summed E-state index contributed by atoms with van der Waals surface area (Å²) in [5, 5.41) is 8.52. The monoisotopic (exact) mass is 426 g/mol. The van der Waals surface area contributed by atoms with Crippen molar-refractivity contribution in [2.45, 2.75) is 26.2 Å². The predicted octanol–water partition coefficient (Wildman–Crippen LogP) is 3.59. The summed E-state index contributed by atoms with van der Waals surface area (Å²) < 4.78 is 5.04. The van der Waals surface area contributed by atoms with E-state index >= 15 is 0 Å². The van der Waals surface area contributed by atoms with Crippen molar-refractivity contribution in [3.8, 4) is 0 Å². The molecule has 7 nitrogen and oxygen atoms in total. The molecule has 0 unspecified atom stereocenters. The van der Waals surface area contributed by atoms with Gasteiger partial charge in [0.15, 0.2) is 0 Å². The van der Waals surface area contributed by atoms with Crippen molar-refractivity contribution in [3.05, 3.63) is 65.2 Å². The maximum Gasteiger partial charge on any atom is 0.372 e. The summed E-state index contributed by atoms with van der Waals surface area (Å²) in [6, 6.07) is 14.8. The Labute approximate surface area is 183 Å². The van der Waals surface area contributed by atoms with Crippen molar-refractivity contribution in [1.29, 1.82) is 0 Å². The Hall–Kier alpha value is -2.90. The fourth-order valence-corrected chi connectivity index (χ4v) is 3.95. The van der Waals surface area contributed by atoms with Gasteiger partial charge in [-0.05, 0) is 48.9 Å². The van der Waals surface area contributed by atoms with Crippen LogP contribution in [0.4, 0.5) is 5.69 Å². The fraction of sp³-hybridized carbons (Fsp3) is 0.417. The van der Waals surface area contributed by atoms with E-state index < -0.39 is 5.97 Å². The maximum absolute atomic E-state index is 11.8. The number of hydrogen-bond acceptors (Lipinski definition) is 7. The van der Waals surface area contributed by atoms with Crippen LogP contribution in [0.2, 0.25) is 0 Å². The van der Waals surface area contributed by atoms with Gasteiger partial charge < -0.3 is 9.64 Å². The molecule has 3 rings (SSSR count). The first-order chi connectivity index (χ1) is 14.8. The molecular weight excluding hydrogens is 396 g/mol. The zero-order valence-corrected chi connectivity index (χ0v) is 18.3. The van der Waals surface area contributed by atoms with Crippen molar-refractivity contribution in [1.82, 2.24) is 4.90 Å². The first kappa shape index (κ1) is 22.8. The molecule has 0 saturated carbocycles. The minimum absolute atomic E-state index is 0.0922. The number of ether oxygens (including phenoxy) is 1. The number of esters is 1. The van der Waals surface area contributed by atoms with Crippen molar-refractivity contribution >= 4 is 17.6 Å². The van der Waals surface area contributed by atoms with Crippen LogP contribution in [0.3, 0.4) is 0 Å². The lowest BCUT2D eigenvalue weighted by atomic mass is 9.83. The van der Waals surface area contributed by atoms with Crippen molar-refractivity contribution in [2.75, 3.05) is 44.2 Å². The lowest BCUT2D eigenvalue weighted by Gasteiger charge is -2.40. The smallest absolute Gasteiger partial charge is 0.372 e. The van der Waals surface area contributed by atoms with E-state index in [1.165, 1.54) is 0 Å². The number of benzene rings is 2. The van der Waals surface area contributed by atoms with Crippen LogP contribution in [-0.4, -0.2) is 61.4 Å². The van der Waals surface area contributed by atoms with Gasteiger partial charge in [0.05, 0.1) is 17.7 Å². The molecule has 2 aromatic carbocycles. The molecule has 1 N–H and O–H groups in total. The lowest BCUT2D eigenvalue weighted by molar-refractivity contribution is -0.182. The Morgan fingerprint density at radius 3 is 2.00 bits per heavy atom. The van der Waals surface area contributed by atoms with Gasteiger partial charge in [0.25, 0.3) is 0 Å². The molecule has 0 aliphatic carbocycles. The fourth-order valence-electron chi connectivity index (χ4n) is 3.95. The minimum atomic E-state index is -0.754. The molecular formula is C24H30N2O5. The quantitative estimate of drug-likeness (QED) is 0.412. The molecule has 166 valence electrons. The molecule has 1 fully saturated rings. The van der Waals surface area contributed by atoms with E-state index in [1.54, 1.807) is 19.1 Å². The Balaban J connectivity index is 1.55. The summed E-state index contributed by atoms with van der Waals surface area (Å²) >= 11 is 0. The summed E-state index contributed by atoms with van der Waals surface area (Å²) in [5.74, 6) is -1.04. The Morgan fingerprint density at radius 1 is 0.903 bits per heavy atom. The van der Waals surface area contributed by atoms with Crippen LogP contribution in [-0.2, 0) is 15.0 Å². The lowest BCUT2D eigenvalue weighted by Crippen LogP contribution is -2.49. The molecule has 1 heterocycles. The van der Waals surface area contributed by atoms with Gasteiger partial charge in [-0.1, -0.05) is 26.0 Å². The van der Waals surface area contributed by atoms with Gasteiger partial charge in [0.2, 0.25) is 0 Å². The van der Waals surface area contributed by atoms with Crippen LogP contribution < -0.4 is 4.90 Å². The Bertz CT molecular complexity index is 885. The molecule has 1 aliphatic heterocycles. The molecule has 0 atom stereocenters. The highest BCUT2D eigenvalue weighted by molar-refractivity contribution is 5.90. The highest BCUT2D eigenvalue weighted by Crippen LogP contribution is 2.26. The highest BCUT2D eigenvalue weighted by Gasteiger charge is 2.27. The van der Waals surface area contributed by atoms with Crippen molar-refractivity contribution < 1.29 is 24.5 Å². The number of anilines is 1. The predicted molar refractivity (Wildman–Crippen MR) is 119 cm³/mol. The first-order valence-corrected chi connectivity index (χ1v) is 10.5. The summed E-state index contributed by atoms with van der Waals surface area (Å²) in [6.45, 7) is 11.2. The zero-order chi connectivity index (χ0) is 22.4. The van der Waals surface area contributed by atoms with Gasteiger partial charge in [-0.25, -0.2) is 9.59 Å². The van der Waals surface area contributed by atoms with Crippen LogP contribution in [0.1, 0.15) is 47.1 Å². The van der Waals surface area contributed by atoms with E-state index in [0.717, 1.165) is 44.0 Å². The largest absolute Gasteiger partial charge is 0.462 e. The molecule has 0 radical (unpaired) electrons. The normalized spacial score (nSPS) is 14.9. The number of carbonyl (C=O) groups excluding carboxylic acids is 2. The van der Waals surface area contributed by atoms with E-state index in [9.17, 15) is 9.59 Å². The van der Waals surface area contributed by atoms with E-state index in [4.69, 9.17) is 9.99 Å². The van der Waals surface area contributed by atoms with Gasteiger partial charge >= 0.3 is 11.9 Å². The van der Waals surface area contributed by atoms with Gasteiger partial charge in [-0.3, -0.25) is 9.79 Å². The van der Waals surface area contributed by atoms with E-state index in [1.807, 2.05) is 36.4 Å². The second kappa shape index (κ2) is 9.94. The topological polar surface area (TPSA) is 79.3 Å². The third-order valence-corrected chi connectivity index (χ3v) is 5.72. The molecule has 7 heteroatoms. The molecule has 31 heavy (non-hydrogen) atoms. The van der Waals surface area contributed by atoms with Gasteiger partial charge in [0.1, 0.15) is 0 Å². The SMILES string of the molecule is CCOC(=O)c1ccc(N2CCN(CC(C)(C)c3ccc(C(=O)OO)cc3)CC2)cc1. The molecule has 0 bridgehead atoms. The van der Waals surface area contributed by atoms with Crippen molar-refractivity contribution in [3.63, 3.8) is 0 Å². The Morgan fingerprint density at radius 2 is 1.45 bits per heavy atom. The third-order valence-electron chi connectivity index (χ3n) is 5.72. The summed E-state index contributed by atoms with van der Waals surface area (Å²) in [6.07, 6.45) is 0. The number of rotatable bonds is 7. The summed E-state index contributed by atoms with van der Waals surface area (Å²) in [5.41, 5.74) is 3.04. The van der Waals surface area contributed by atoms with Crippen LogP contribution in [0.5, 0.6) is 0 Å². The number of carbonyl (C=O) groups is 2. The molecule has 1 saturated heterocycles. The highest BCUT2D eigenvalue weighted by atomic mass is 17.1. The maximum atomic E-state index is 11.8. The van der Waals surface area contributed by atoms with Gasteiger partial charge in [0, 0.05) is 43.8 Å². The molecule has 1 aliphatic rings. The summed E-state index contributed by atoms with van der Waals surface area (Å²) in [4.78, 5) is 31.8. The minimum Gasteiger partial charge on any atom is -0.462 e. The van der Waals surface area contributed by atoms with Gasteiger partial charge in [-0.15, -0.1) is 0 Å². The second-order valence-electron chi connectivity index (χ2n) is 8.37. The zero-order valence-electron chi connectivity index (χ0n) is 18.3. The number of piperazine rings is 1. The van der Waals surface area contributed by atoms with Crippen LogP contribution in [0.15, 0.2) is 48.5 Å². The molecule has 2 aromatic rings. The third kappa shape index (κ3) is 5.62. The van der Waals surface area contributed by atoms with E-state index in [-0.39, 0.29) is 11.4 Å². The van der Waals surface area contributed by atoms with Crippen LogP contribution in [0, 0.1) is 0 Å².